The van der Waals surface area contributed by atoms with Crippen molar-refractivity contribution in [3.8, 4) is 11.4 Å². The number of carbonyl (C=O) groups excluding carboxylic acids is 1. The van der Waals surface area contributed by atoms with Crippen LogP contribution in [0.25, 0.3) is 11.4 Å². The van der Waals surface area contributed by atoms with Crippen LogP contribution in [0.2, 0.25) is 0 Å². The molecule has 1 heterocycles. The first-order valence-corrected chi connectivity index (χ1v) is 12.3. The van der Waals surface area contributed by atoms with Gasteiger partial charge in [0.25, 0.3) is 0 Å². The van der Waals surface area contributed by atoms with E-state index in [4.69, 9.17) is 9.26 Å². The summed E-state index contributed by atoms with van der Waals surface area (Å²) in [5.74, 6) is 1.19. The van der Waals surface area contributed by atoms with E-state index in [2.05, 4.69) is 46.6 Å². The van der Waals surface area contributed by atoms with Crippen molar-refractivity contribution < 1.29 is 14.1 Å². The van der Waals surface area contributed by atoms with Crippen molar-refractivity contribution in [3.05, 3.63) is 35.7 Å². The van der Waals surface area contributed by atoms with Crippen molar-refractivity contribution in [1.29, 1.82) is 0 Å². The normalized spacial score (nSPS) is 11.5. The lowest BCUT2D eigenvalue weighted by Gasteiger charge is -2.19. The third-order valence-corrected chi connectivity index (χ3v) is 5.23. The van der Waals surface area contributed by atoms with E-state index in [0.717, 1.165) is 12.0 Å². The molecule has 0 aliphatic heterocycles. The molecule has 0 radical (unpaired) electrons. The molecule has 1 aromatic heterocycles. The first-order chi connectivity index (χ1) is 15.4. The van der Waals surface area contributed by atoms with E-state index in [1.165, 1.54) is 56.9 Å². The zero-order chi connectivity index (χ0) is 23.2. The predicted octanol–water partition coefficient (Wildman–Crippen LogP) is 6.88. The maximum Gasteiger partial charge on any atom is 0.407 e. The summed E-state index contributed by atoms with van der Waals surface area (Å²) in [7, 11) is 0. The van der Waals surface area contributed by atoms with Crippen LogP contribution in [0.4, 0.5) is 4.79 Å². The highest BCUT2D eigenvalue weighted by Gasteiger charge is 2.15. The Kier molecular flexibility index (Phi) is 11.3. The van der Waals surface area contributed by atoms with Crippen molar-refractivity contribution in [2.24, 2.45) is 0 Å². The number of benzene rings is 1. The maximum absolute atomic E-state index is 11.6. The summed E-state index contributed by atoms with van der Waals surface area (Å²) in [5.41, 5.74) is 1.83. The van der Waals surface area contributed by atoms with E-state index < -0.39 is 11.7 Å². The molecular formula is C26H41N3O3. The molecule has 1 N–H and O–H groups in total. The molecule has 2 aromatic rings. The minimum absolute atomic E-state index is 0.407. The molecule has 0 aliphatic carbocycles. The average Bonchev–Trinajstić information content (AvgIpc) is 3.21. The number of alkyl carbamates (subject to hydrolysis) is 1. The fraction of sp³-hybridized carbons (Fsp3) is 0.654. The highest BCUT2D eigenvalue weighted by Crippen LogP contribution is 2.18. The van der Waals surface area contributed by atoms with Crippen LogP contribution < -0.4 is 5.32 Å². The topological polar surface area (TPSA) is 77.2 Å². The Bertz CT molecular complexity index is 778. The van der Waals surface area contributed by atoms with Gasteiger partial charge in [0.15, 0.2) is 0 Å². The number of unbranched alkanes of at least 4 members (excludes halogenated alkanes) is 7. The van der Waals surface area contributed by atoms with Gasteiger partial charge in [-0.05, 0) is 45.6 Å². The molecule has 0 saturated carbocycles. The van der Waals surface area contributed by atoms with Crippen molar-refractivity contribution in [2.75, 3.05) is 6.54 Å². The first-order valence-electron chi connectivity index (χ1n) is 12.3. The number of amides is 1. The molecule has 0 spiro atoms. The summed E-state index contributed by atoms with van der Waals surface area (Å²) in [6, 6.07) is 8.46. The largest absolute Gasteiger partial charge is 0.444 e. The van der Waals surface area contributed by atoms with Gasteiger partial charge in [-0.15, -0.1) is 0 Å². The minimum Gasteiger partial charge on any atom is -0.444 e. The fourth-order valence-corrected chi connectivity index (χ4v) is 3.50. The van der Waals surface area contributed by atoms with Gasteiger partial charge in [-0.3, -0.25) is 0 Å². The summed E-state index contributed by atoms with van der Waals surface area (Å²) in [6.07, 6.45) is 12.8. The molecule has 0 atom stereocenters. The van der Waals surface area contributed by atoms with Crippen molar-refractivity contribution in [1.82, 2.24) is 15.5 Å². The number of aromatic nitrogens is 2. The number of hydrogen-bond acceptors (Lipinski definition) is 5. The number of carbonyl (C=O) groups is 1. The Balaban J connectivity index is 1.65. The molecular weight excluding hydrogens is 402 g/mol. The molecule has 1 aromatic carbocycles. The third-order valence-electron chi connectivity index (χ3n) is 5.23. The maximum atomic E-state index is 11.6. The van der Waals surface area contributed by atoms with E-state index in [-0.39, 0.29) is 0 Å². The van der Waals surface area contributed by atoms with E-state index >= 15 is 0 Å². The van der Waals surface area contributed by atoms with Crippen LogP contribution in [-0.4, -0.2) is 28.4 Å². The summed E-state index contributed by atoms with van der Waals surface area (Å²) < 4.78 is 10.6. The van der Waals surface area contributed by atoms with Gasteiger partial charge in [0, 0.05) is 18.5 Å². The van der Waals surface area contributed by atoms with E-state index in [0.29, 0.717) is 31.1 Å². The summed E-state index contributed by atoms with van der Waals surface area (Å²) >= 11 is 0. The Labute approximate surface area is 193 Å². The smallest absolute Gasteiger partial charge is 0.407 e. The summed E-state index contributed by atoms with van der Waals surface area (Å²) in [5, 5.41) is 6.84. The molecule has 1 amide bonds. The van der Waals surface area contributed by atoms with E-state index in [1.54, 1.807) is 0 Å². The number of rotatable bonds is 14. The lowest BCUT2D eigenvalue weighted by Crippen LogP contribution is -2.33. The number of nitrogens with zero attached hydrogens (tertiary/aromatic N) is 2. The van der Waals surface area contributed by atoms with E-state index in [9.17, 15) is 4.79 Å². The van der Waals surface area contributed by atoms with Gasteiger partial charge in [-0.25, -0.2) is 4.79 Å². The van der Waals surface area contributed by atoms with Gasteiger partial charge in [-0.1, -0.05) is 81.3 Å². The Hall–Kier alpha value is -2.37. The highest BCUT2D eigenvalue weighted by atomic mass is 16.6. The van der Waals surface area contributed by atoms with Gasteiger partial charge in [0.05, 0.1) is 0 Å². The number of hydrogen-bond donors (Lipinski definition) is 1. The van der Waals surface area contributed by atoms with Gasteiger partial charge in [0.1, 0.15) is 5.60 Å². The molecule has 6 heteroatoms. The van der Waals surface area contributed by atoms with Crippen molar-refractivity contribution >= 4 is 6.09 Å². The van der Waals surface area contributed by atoms with Crippen LogP contribution in [0.3, 0.4) is 0 Å². The van der Waals surface area contributed by atoms with Crippen LogP contribution in [-0.2, 0) is 17.6 Å². The molecule has 0 fully saturated rings. The second-order valence-corrected chi connectivity index (χ2v) is 9.47. The molecule has 0 bridgehead atoms. The standard InChI is InChI=1S/C26H41N3O3/c1-5-6-7-8-9-10-11-12-14-21-16-18-22(19-17-21)24-28-23(32-29-24)15-13-20-27-25(30)31-26(2,3)4/h16-19H,5-15,20H2,1-4H3,(H,27,30). The van der Waals surface area contributed by atoms with E-state index in [1.807, 2.05) is 20.8 Å². The molecule has 0 unspecified atom stereocenters. The van der Waals surface area contributed by atoms with Crippen LogP contribution in [0.5, 0.6) is 0 Å². The molecule has 32 heavy (non-hydrogen) atoms. The minimum atomic E-state index is -0.491. The SMILES string of the molecule is CCCCCCCCCCc1ccc(-c2noc(CCCNC(=O)OC(C)(C)C)n2)cc1. The zero-order valence-corrected chi connectivity index (χ0v) is 20.4. The fourth-order valence-electron chi connectivity index (χ4n) is 3.50. The molecule has 6 nitrogen and oxygen atoms in total. The second kappa shape index (κ2) is 13.9. The van der Waals surface area contributed by atoms with Crippen LogP contribution >= 0.6 is 0 Å². The zero-order valence-electron chi connectivity index (χ0n) is 20.4. The lowest BCUT2D eigenvalue weighted by molar-refractivity contribution is 0.0527. The molecule has 2 rings (SSSR count). The number of nitrogens with one attached hydrogen (secondary N) is 1. The van der Waals surface area contributed by atoms with Gasteiger partial charge < -0.3 is 14.6 Å². The van der Waals surface area contributed by atoms with Crippen LogP contribution in [0.15, 0.2) is 28.8 Å². The quantitative estimate of drug-likeness (QED) is 0.322. The van der Waals surface area contributed by atoms with Crippen LogP contribution in [0.1, 0.15) is 96.9 Å². The molecule has 0 aliphatic rings. The first kappa shape index (κ1) is 25.9. The monoisotopic (exact) mass is 443 g/mol. The Morgan fingerprint density at radius 3 is 2.25 bits per heavy atom. The predicted molar refractivity (Wildman–Crippen MR) is 129 cm³/mol. The van der Waals surface area contributed by atoms with Crippen molar-refractivity contribution in [2.45, 2.75) is 104 Å². The third kappa shape index (κ3) is 10.8. The lowest BCUT2D eigenvalue weighted by atomic mass is 10.0. The van der Waals surface area contributed by atoms with Crippen LogP contribution in [0, 0.1) is 0 Å². The summed E-state index contributed by atoms with van der Waals surface area (Å²) in [6.45, 7) is 8.29. The number of aryl methyl sites for hydroxylation is 2. The Morgan fingerprint density at radius 1 is 0.938 bits per heavy atom. The van der Waals surface area contributed by atoms with Crippen molar-refractivity contribution in [3.63, 3.8) is 0 Å². The molecule has 0 saturated heterocycles. The second-order valence-electron chi connectivity index (χ2n) is 9.47. The van der Waals surface area contributed by atoms with Gasteiger partial charge >= 0.3 is 6.09 Å². The average molecular weight is 444 g/mol. The highest BCUT2D eigenvalue weighted by molar-refractivity contribution is 5.67. The molecule has 178 valence electrons. The van der Waals surface area contributed by atoms with Gasteiger partial charge in [-0.2, -0.15) is 4.98 Å². The van der Waals surface area contributed by atoms with Gasteiger partial charge in [0.2, 0.25) is 11.7 Å². The summed E-state index contributed by atoms with van der Waals surface area (Å²) in [4.78, 5) is 16.1. The Morgan fingerprint density at radius 2 is 1.59 bits per heavy atom. The number of ether oxygens (including phenoxy) is 1.